The van der Waals surface area contributed by atoms with Crippen LogP contribution in [0.2, 0.25) is 0 Å². The fourth-order valence-electron chi connectivity index (χ4n) is 2.20. The topological polar surface area (TPSA) is 58.5 Å². The molecule has 0 aromatic carbocycles. The van der Waals surface area contributed by atoms with Crippen LogP contribution in [0.25, 0.3) is 0 Å². The molecule has 1 aliphatic rings. The van der Waals surface area contributed by atoms with Gasteiger partial charge in [-0.05, 0) is 25.7 Å². The van der Waals surface area contributed by atoms with E-state index >= 15 is 0 Å². The van der Waals surface area contributed by atoms with Crippen molar-refractivity contribution in [1.29, 1.82) is 0 Å². The van der Waals surface area contributed by atoms with E-state index in [0.717, 1.165) is 31.7 Å². The highest BCUT2D eigenvalue weighted by atomic mass is 16.5. The van der Waals surface area contributed by atoms with Gasteiger partial charge >= 0.3 is 0 Å². The van der Waals surface area contributed by atoms with Crippen LogP contribution in [0.1, 0.15) is 19.8 Å². The van der Waals surface area contributed by atoms with Crippen LogP contribution in [-0.2, 0) is 0 Å². The lowest BCUT2D eigenvalue weighted by Gasteiger charge is -2.33. The van der Waals surface area contributed by atoms with Crippen LogP contribution < -0.4 is 9.64 Å². The molecule has 0 spiro atoms. The van der Waals surface area contributed by atoms with E-state index in [1.165, 1.54) is 0 Å². The summed E-state index contributed by atoms with van der Waals surface area (Å²) in [4.78, 5) is 10.7. The van der Waals surface area contributed by atoms with Gasteiger partial charge in [0.2, 0.25) is 5.88 Å². The van der Waals surface area contributed by atoms with Gasteiger partial charge in [0.25, 0.3) is 0 Å². The maximum Gasteiger partial charge on any atom is 0.233 e. The number of aliphatic hydroxyl groups is 1. The monoisotopic (exact) mass is 237 g/mol. The Morgan fingerprint density at radius 3 is 2.71 bits per heavy atom. The third kappa shape index (κ3) is 2.85. The molecule has 5 nitrogen and oxygen atoms in total. The molecule has 0 aliphatic carbocycles. The second-order valence-corrected chi connectivity index (χ2v) is 4.48. The van der Waals surface area contributed by atoms with Crippen LogP contribution in [0, 0.1) is 5.92 Å². The first-order chi connectivity index (χ1) is 8.20. The lowest BCUT2D eigenvalue weighted by Crippen LogP contribution is -2.37. The first-order valence-electron chi connectivity index (χ1n) is 5.99. The number of hydrogen-bond donors (Lipinski definition) is 1. The smallest absolute Gasteiger partial charge is 0.233 e. The van der Waals surface area contributed by atoms with E-state index < -0.39 is 0 Å². The summed E-state index contributed by atoms with van der Waals surface area (Å²) in [5.74, 6) is 1.80. The molecular formula is C12H19N3O2. The van der Waals surface area contributed by atoms with Crippen molar-refractivity contribution in [3.8, 4) is 5.88 Å². The Bertz CT molecular complexity index is 363. The maximum atomic E-state index is 9.55. The molecule has 2 heterocycles. The minimum Gasteiger partial charge on any atom is -0.480 e. The molecule has 1 N–H and O–H groups in total. The zero-order valence-corrected chi connectivity index (χ0v) is 10.3. The largest absolute Gasteiger partial charge is 0.480 e. The Morgan fingerprint density at radius 1 is 1.41 bits per heavy atom. The predicted octanol–water partition coefficient (Wildman–Crippen LogP) is 1.08. The maximum absolute atomic E-state index is 9.55. The summed E-state index contributed by atoms with van der Waals surface area (Å²) in [6.07, 6.45) is 5.14. The van der Waals surface area contributed by atoms with Crippen molar-refractivity contribution in [2.24, 2.45) is 5.92 Å². The first-order valence-corrected chi connectivity index (χ1v) is 5.99. The number of methoxy groups -OCH3 is 1. The van der Waals surface area contributed by atoms with E-state index in [2.05, 4.69) is 14.9 Å². The lowest BCUT2D eigenvalue weighted by atomic mass is 9.92. The molecule has 2 rings (SSSR count). The van der Waals surface area contributed by atoms with Gasteiger partial charge in [0, 0.05) is 13.1 Å². The Balaban J connectivity index is 2.00. The molecule has 1 saturated heterocycles. The van der Waals surface area contributed by atoms with Gasteiger partial charge in [-0.1, -0.05) is 0 Å². The molecular weight excluding hydrogens is 218 g/mol. The van der Waals surface area contributed by atoms with Gasteiger partial charge in [0.15, 0.2) is 5.82 Å². The number of aromatic nitrogens is 2. The Hall–Kier alpha value is -1.36. The van der Waals surface area contributed by atoms with Crippen molar-refractivity contribution in [2.75, 3.05) is 25.1 Å². The molecule has 0 unspecified atom stereocenters. The summed E-state index contributed by atoms with van der Waals surface area (Å²) in [6, 6.07) is 0. The van der Waals surface area contributed by atoms with E-state index in [9.17, 15) is 5.11 Å². The highest BCUT2D eigenvalue weighted by Crippen LogP contribution is 2.24. The highest BCUT2D eigenvalue weighted by Gasteiger charge is 2.23. The van der Waals surface area contributed by atoms with Crippen LogP contribution in [0.3, 0.4) is 0 Å². The van der Waals surface area contributed by atoms with Crippen LogP contribution in [-0.4, -0.2) is 41.4 Å². The Morgan fingerprint density at radius 2 is 2.12 bits per heavy atom. The van der Waals surface area contributed by atoms with Crippen LogP contribution in [0.15, 0.2) is 12.4 Å². The van der Waals surface area contributed by atoms with Crippen molar-refractivity contribution >= 4 is 5.82 Å². The summed E-state index contributed by atoms with van der Waals surface area (Å²) in [6.45, 7) is 3.69. The molecule has 0 amide bonds. The van der Waals surface area contributed by atoms with E-state index in [4.69, 9.17) is 4.74 Å². The summed E-state index contributed by atoms with van der Waals surface area (Å²) in [5, 5.41) is 9.55. The summed E-state index contributed by atoms with van der Waals surface area (Å²) < 4.78 is 5.06. The summed E-state index contributed by atoms with van der Waals surface area (Å²) in [5.41, 5.74) is 0. The molecule has 5 heteroatoms. The fourth-order valence-corrected chi connectivity index (χ4v) is 2.20. The van der Waals surface area contributed by atoms with Crippen molar-refractivity contribution < 1.29 is 9.84 Å². The molecule has 94 valence electrons. The normalized spacial score (nSPS) is 19.1. The molecule has 1 aromatic rings. The van der Waals surface area contributed by atoms with Gasteiger partial charge in [-0.3, -0.25) is 4.98 Å². The molecule has 1 aliphatic heterocycles. The average Bonchev–Trinajstić information content (AvgIpc) is 2.39. The van der Waals surface area contributed by atoms with E-state index in [-0.39, 0.29) is 6.10 Å². The Kier molecular flexibility index (Phi) is 3.78. The molecule has 0 radical (unpaired) electrons. The third-order valence-corrected chi connectivity index (χ3v) is 3.35. The third-order valence-electron chi connectivity index (χ3n) is 3.35. The molecule has 1 atom stereocenters. The molecule has 1 fully saturated rings. The second-order valence-electron chi connectivity index (χ2n) is 4.48. The Labute approximate surface area is 101 Å². The number of anilines is 1. The lowest BCUT2D eigenvalue weighted by molar-refractivity contribution is 0.109. The average molecular weight is 237 g/mol. The van der Waals surface area contributed by atoms with Crippen LogP contribution in [0.4, 0.5) is 5.82 Å². The summed E-state index contributed by atoms with van der Waals surface area (Å²) >= 11 is 0. The highest BCUT2D eigenvalue weighted by molar-refractivity contribution is 5.37. The van der Waals surface area contributed by atoms with Gasteiger partial charge in [-0.2, -0.15) is 4.98 Å². The van der Waals surface area contributed by atoms with Gasteiger partial charge in [-0.25, -0.2) is 0 Å². The number of rotatable bonds is 3. The fraction of sp³-hybridized carbons (Fsp3) is 0.667. The second kappa shape index (κ2) is 5.31. The molecule has 17 heavy (non-hydrogen) atoms. The first kappa shape index (κ1) is 12.1. The van der Waals surface area contributed by atoms with Crippen molar-refractivity contribution in [2.45, 2.75) is 25.9 Å². The minimum absolute atomic E-state index is 0.214. The van der Waals surface area contributed by atoms with Crippen molar-refractivity contribution in [3.05, 3.63) is 12.4 Å². The van der Waals surface area contributed by atoms with Crippen LogP contribution in [0.5, 0.6) is 5.88 Å². The van der Waals surface area contributed by atoms with Crippen molar-refractivity contribution in [1.82, 2.24) is 9.97 Å². The number of nitrogens with zero attached hydrogens (tertiary/aromatic N) is 3. The zero-order valence-electron chi connectivity index (χ0n) is 10.3. The zero-order chi connectivity index (χ0) is 12.3. The van der Waals surface area contributed by atoms with Gasteiger partial charge in [0.1, 0.15) is 0 Å². The van der Waals surface area contributed by atoms with E-state index in [1.54, 1.807) is 19.5 Å². The van der Waals surface area contributed by atoms with Gasteiger partial charge in [-0.15, -0.1) is 0 Å². The number of piperidine rings is 1. The standard InChI is InChI=1S/C12H19N3O2/c1-9(16)10-3-5-15(6-4-10)11-7-13-8-12(14-11)17-2/h7-10,16H,3-6H2,1-2H3/t9-/m0/s1. The summed E-state index contributed by atoms with van der Waals surface area (Å²) in [7, 11) is 1.59. The van der Waals surface area contributed by atoms with E-state index in [1.807, 2.05) is 6.92 Å². The number of hydrogen-bond acceptors (Lipinski definition) is 5. The van der Waals surface area contributed by atoms with Crippen molar-refractivity contribution in [3.63, 3.8) is 0 Å². The van der Waals surface area contributed by atoms with E-state index in [0.29, 0.717) is 11.8 Å². The predicted molar refractivity (Wildman–Crippen MR) is 65.2 cm³/mol. The van der Waals surface area contributed by atoms with Gasteiger partial charge in [0.05, 0.1) is 25.6 Å². The number of ether oxygens (including phenoxy) is 1. The number of aliphatic hydroxyl groups excluding tert-OH is 1. The minimum atomic E-state index is -0.214. The van der Waals surface area contributed by atoms with Gasteiger partial charge < -0.3 is 14.7 Å². The quantitative estimate of drug-likeness (QED) is 0.852. The molecule has 1 aromatic heterocycles. The molecule has 0 saturated carbocycles. The SMILES string of the molecule is COc1cncc(N2CCC([C@H](C)O)CC2)n1. The molecule has 0 bridgehead atoms. The van der Waals surface area contributed by atoms with Crippen LogP contribution >= 0.6 is 0 Å².